The highest BCUT2D eigenvalue weighted by molar-refractivity contribution is 5.94. The molecule has 0 saturated carbocycles. The minimum atomic E-state index is -0.325. The van der Waals surface area contributed by atoms with E-state index in [2.05, 4.69) is 20.2 Å². The van der Waals surface area contributed by atoms with Gasteiger partial charge in [-0.2, -0.15) is 0 Å². The molecule has 0 saturated heterocycles. The summed E-state index contributed by atoms with van der Waals surface area (Å²) in [5, 5.41) is 15.9. The minimum Gasteiger partial charge on any atom is -0.394 e. The quantitative estimate of drug-likeness (QED) is 0.791. The Labute approximate surface area is 148 Å². The zero-order chi connectivity index (χ0) is 18.0. The van der Waals surface area contributed by atoms with E-state index >= 15 is 0 Å². The molecule has 0 fully saturated rings. The molecule has 1 aromatic heterocycles. The zero-order valence-electron chi connectivity index (χ0n) is 15.0. The lowest BCUT2D eigenvalue weighted by Gasteiger charge is -2.29. The van der Waals surface area contributed by atoms with Crippen LogP contribution in [0.2, 0.25) is 0 Å². The summed E-state index contributed by atoms with van der Waals surface area (Å²) in [4.78, 5) is 17.5. The highest BCUT2D eigenvalue weighted by Crippen LogP contribution is 2.25. The molecule has 1 atom stereocenters. The van der Waals surface area contributed by atoms with Crippen LogP contribution in [-0.4, -0.2) is 39.8 Å². The normalized spacial score (nSPS) is 15.5. The second-order valence-electron chi connectivity index (χ2n) is 7.50. The van der Waals surface area contributed by atoms with Crippen molar-refractivity contribution in [2.75, 3.05) is 13.2 Å². The molecule has 0 aliphatic carbocycles. The number of hydrogen-bond donors (Lipinski definition) is 3. The number of nitrogens with zero attached hydrogens (tertiary/aromatic N) is 2. The molecule has 1 aliphatic heterocycles. The van der Waals surface area contributed by atoms with E-state index in [4.69, 9.17) is 0 Å². The summed E-state index contributed by atoms with van der Waals surface area (Å²) in [5.74, 6) is 0.585. The first-order chi connectivity index (χ1) is 11.9. The maximum absolute atomic E-state index is 12.9. The van der Waals surface area contributed by atoms with Crippen molar-refractivity contribution >= 4 is 5.91 Å². The van der Waals surface area contributed by atoms with Crippen LogP contribution in [0.1, 0.15) is 37.0 Å². The zero-order valence-corrected chi connectivity index (χ0v) is 15.0. The van der Waals surface area contributed by atoms with Crippen LogP contribution in [0.3, 0.4) is 0 Å². The number of rotatable bonds is 4. The van der Waals surface area contributed by atoms with Crippen LogP contribution >= 0.6 is 0 Å². The fraction of sp³-hybridized carbons (Fsp3) is 0.474. The molecule has 2 aromatic rings. The Kier molecular flexibility index (Phi) is 4.92. The highest BCUT2D eigenvalue weighted by Gasteiger charge is 2.30. The molecule has 2 heterocycles. The first-order valence-corrected chi connectivity index (χ1v) is 8.69. The fourth-order valence-corrected chi connectivity index (χ4v) is 3.06. The number of carbonyl (C=O) groups excluding carboxylic acids is 1. The Hall–Kier alpha value is -2.18. The number of hydrogen-bond acceptors (Lipinski definition) is 4. The van der Waals surface area contributed by atoms with E-state index in [0.717, 1.165) is 30.2 Å². The van der Waals surface area contributed by atoms with Gasteiger partial charge in [0.15, 0.2) is 5.69 Å². The predicted molar refractivity (Wildman–Crippen MR) is 97.2 cm³/mol. The maximum Gasteiger partial charge on any atom is 0.272 e. The third-order valence-corrected chi connectivity index (χ3v) is 4.66. The van der Waals surface area contributed by atoms with Crippen molar-refractivity contribution in [1.29, 1.82) is 0 Å². The number of benzene rings is 1. The molecule has 0 spiro atoms. The molecule has 3 N–H and O–H groups in total. The van der Waals surface area contributed by atoms with Gasteiger partial charge in [-0.3, -0.25) is 4.79 Å². The van der Waals surface area contributed by atoms with E-state index in [1.807, 2.05) is 51.1 Å². The highest BCUT2D eigenvalue weighted by atomic mass is 16.3. The maximum atomic E-state index is 12.9. The molecule has 0 radical (unpaired) electrons. The van der Waals surface area contributed by atoms with Gasteiger partial charge >= 0.3 is 0 Å². The number of aliphatic hydroxyl groups is 1. The van der Waals surface area contributed by atoms with Crippen molar-refractivity contribution in [3.63, 3.8) is 0 Å². The number of carbonyl (C=O) groups is 1. The van der Waals surface area contributed by atoms with Crippen LogP contribution in [-0.2, 0) is 13.1 Å². The van der Waals surface area contributed by atoms with E-state index in [-0.39, 0.29) is 24.0 Å². The summed E-state index contributed by atoms with van der Waals surface area (Å²) in [6.45, 7) is 8.13. The van der Waals surface area contributed by atoms with E-state index < -0.39 is 0 Å². The molecule has 1 aliphatic rings. The molecule has 3 rings (SSSR count). The third-order valence-electron chi connectivity index (χ3n) is 4.66. The van der Waals surface area contributed by atoms with E-state index in [9.17, 15) is 9.90 Å². The van der Waals surface area contributed by atoms with Crippen LogP contribution < -0.4 is 10.6 Å². The Morgan fingerprint density at radius 2 is 2.08 bits per heavy atom. The molecule has 134 valence electrons. The van der Waals surface area contributed by atoms with Crippen molar-refractivity contribution in [2.24, 2.45) is 5.41 Å². The molecule has 0 bridgehead atoms. The number of amides is 1. The first-order valence-electron chi connectivity index (χ1n) is 8.69. The molecule has 25 heavy (non-hydrogen) atoms. The average molecular weight is 342 g/mol. The number of nitrogens with one attached hydrogen (secondary N) is 2. The summed E-state index contributed by atoms with van der Waals surface area (Å²) in [5.41, 5.74) is 2.10. The van der Waals surface area contributed by atoms with Crippen molar-refractivity contribution in [3.8, 4) is 11.4 Å². The summed E-state index contributed by atoms with van der Waals surface area (Å²) in [7, 11) is 0. The van der Waals surface area contributed by atoms with Gasteiger partial charge in [0, 0.05) is 25.2 Å². The van der Waals surface area contributed by atoms with Crippen LogP contribution in [0, 0.1) is 5.41 Å². The predicted octanol–water partition coefficient (Wildman–Crippen LogP) is 1.79. The van der Waals surface area contributed by atoms with Gasteiger partial charge in [0.05, 0.1) is 18.3 Å². The van der Waals surface area contributed by atoms with Gasteiger partial charge in [-0.05, 0) is 5.41 Å². The standard InChI is InChI=1S/C19H26N4O2/c1-19(2,3)15(12-24)21-18(25)16-14-11-20-9-10-23(14)17(22-16)13-7-5-4-6-8-13/h4-8,15,20,24H,9-12H2,1-3H3,(H,21,25)/t15-/m0/s1. The SMILES string of the molecule is CC(C)(C)[C@H](CO)NC(=O)c1nc(-c2ccccc2)n2c1CNCC2. The van der Waals surface area contributed by atoms with Gasteiger partial charge < -0.3 is 20.3 Å². The summed E-state index contributed by atoms with van der Waals surface area (Å²) in [6, 6.07) is 9.59. The van der Waals surface area contributed by atoms with Crippen molar-refractivity contribution in [3.05, 3.63) is 41.7 Å². The van der Waals surface area contributed by atoms with Crippen LogP contribution in [0.25, 0.3) is 11.4 Å². The Morgan fingerprint density at radius 1 is 1.36 bits per heavy atom. The second kappa shape index (κ2) is 6.98. The van der Waals surface area contributed by atoms with Crippen LogP contribution in [0.5, 0.6) is 0 Å². The lowest BCUT2D eigenvalue weighted by atomic mass is 9.87. The molecule has 6 heteroatoms. The topological polar surface area (TPSA) is 79.2 Å². The summed E-state index contributed by atoms with van der Waals surface area (Å²) < 4.78 is 2.12. The van der Waals surface area contributed by atoms with Gasteiger partial charge in [-0.1, -0.05) is 51.1 Å². The first kappa shape index (κ1) is 17.6. The minimum absolute atomic E-state index is 0.102. The third kappa shape index (κ3) is 3.60. The summed E-state index contributed by atoms with van der Waals surface area (Å²) >= 11 is 0. The van der Waals surface area contributed by atoms with Gasteiger partial charge in [-0.25, -0.2) is 4.98 Å². The van der Waals surface area contributed by atoms with Crippen LogP contribution in [0.15, 0.2) is 30.3 Å². The van der Waals surface area contributed by atoms with E-state index in [1.165, 1.54) is 0 Å². The number of aliphatic hydroxyl groups excluding tert-OH is 1. The van der Waals surface area contributed by atoms with Gasteiger partial charge in [0.1, 0.15) is 5.82 Å². The number of fused-ring (bicyclic) bond motifs is 1. The fourth-order valence-electron chi connectivity index (χ4n) is 3.06. The Balaban J connectivity index is 1.97. The molecule has 1 aromatic carbocycles. The van der Waals surface area contributed by atoms with Gasteiger partial charge in [-0.15, -0.1) is 0 Å². The van der Waals surface area contributed by atoms with Gasteiger partial charge in [0.25, 0.3) is 5.91 Å². The monoisotopic (exact) mass is 342 g/mol. The number of imidazole rings is 1. The van der Waals surface area contributed by atoms with E-state index in [0.29, 0.717) is 12.2 Å². The molecule has 6 nitrogen and oxygen atoms in total. The molecule has 1 amide bonds. The second-order valence-corrected chi connectivity index (χ2v) is 7.50. The lowest BCUT2D eigenvalue weighted by molar-refractivity contribution is 0.0842. The lowest BCUT2D eigenvalue weighted by Crippen LogP contribution is -2.46. The Bertz CT molecular complexity index is 747. The molecular weight excluding hydrogens is 316 g/mol. The Morgan fingerprint density at radius 3 is 2.72 bits per heavy atom. The van der Waals surface area contributed by atoms with Crippen molar-refractivity contribution < 1.29 is 9.90 Å². The van der Waals surface area contributed by atoms with Crippen LogP contribution in [0.4, 0.5) is 0 Å². The van der Waals surface area contributed by atoms with Gasteiger partial charge in [0.2, 0.25) is 0 Å². The van der Waals surface area contributed by atoms with E-state index in [1.54, 1.807) is 0 Å². The summed E-state index contributed by atoms with van der Waals surface area (Å²) in [6.07, 6.45) is 0. The average Bonchev–Trinajstić information content (AvgIpc) is 2.99. The smallest absolute Gasteiger partial charge is 0.272 e. The largest absolute Gasteiger partial charge is 0.394 e. The molecule has 0 unspecified atom stereocenters. The van der Waals surface area contributed by atoms with Crippen molar-refractivity contribution in [2.45, 2.75) is 39.9 Å². The van der Waals surface area contributed by atoms with Crippen molar-refractivity contribution in [1.82, 2.24) is 20.2 Å². The number of aromatic nitrogens is 2. The molecular formula is C19H26N4O2.